The first-order valence-corrected chi connectivity index (χ1v) is 10.7. The van der Waals surface area contributed by atoms with E-state index in [1.165, 1.54) is 13.0 Å². The van der Waals surface area contributed by atoms with Gasteiger partial charge in [-0.2, -0.15) is 0 Å². The molecular formula is C22H23Cl2N3O3. The number of nitro groups is 1. The van der Waals surface area contributed by atoms with Gasteiger partial charge in [0, 0.05) is 13.0 Å². The lowest BCUT2D eigenvalue weighted by Gasteiger charge is -2.50. The average molecular weight is 448 g/mol. The van der Waals surface area contributed by atoms with E-state index in [9.17, 15) is 14.9 Å². The van der Waals surface area contributed by atoms with Crippen molar-refractivity contribution < 1.29 is 9.72 Å². The Labute approximate surface area is 185 Å². The molecule has 158 valence electrons. The highest BCUT2D eigenvalue weighted by Gasteiger charge is 2.61. The van der Waals surface area contributed by atoms with Crippen LogP contribution in [0.5, 0.6) is 0 Å². The fourth-order valence-corrected chi connectivity index (χ4v) is 5.76. The molecule has 1 heterocycles. The summed E-state index contributed by atoms with van der Waals surface area (Å²) in [5.74, 6) is -0.194. The predicted octanol–water partition coefficient (Wildman–Crippen LogP) is 4.80. The lowest BCUT2D eigenvalue weighted by Crippen LogP contribution is -2.63. The molecule has 0 radical (unpaired) electrons. The molecule has 1 amide bonds. The Hall–Kier alpha value is -2.15. The van der Waals surface area contributed by atoms with Gasteiger partial charge in [-0.25, -0.2) is 0 Å². The molecule has 2 unspecified atom stereocenters. The van der Waals surface area contributed by atoms with Gasteiger partial charge in [-0.05, 0) is 56.5 Å². The third-order valence-electron chi connectivity index (χ3n) is 6.58. The Morgan fingerprint density at radius 3 is 2.40 bits per heavy atom. The number of hydrogen-bond acceptors (Lipinski definition) is 4. The molecule has 6 nitrogen and oxygen atoms in total. The van der Waals surface area contributed by atoms with Crippen LogP contribution in [0.2, 0.25) is 10.0 Å². The predicted molar refractivity (Wildman–Crippen MR) is 117 cm³/mol. The number of benzene rings is 2. The van der Waals surface area contributed by atoms with E-state index in [1.807, 2.05) is 31.2 Å². The average Bonchev–Trinajstić information content (AvgIpc) is 3.29. The van der Waals surface area contributed by atoms with Crippen LogP contribution in [0.25, 0.3) is 0 Å². The molecule has 0 aromatic heterocycles. The monoisotopic (exact) mass is 447 g/mol. The summed E-state index contributed by atoms with van der Waals surface area (Å²) in [6.45, 7) is 5.00. The zero-order valence-corrected chi connectivity index (χ0v) is 18.4. The van der Waals surface area contributed by atoms with Crippen molar-refractivity contribution in [1.29, 1.82) is 0 Å². The first kappa shape index (κ1) is 21.1. The summed E-state index contributed by atoms with van der Waals surface area (Å²) >= 11 is 12.6. The number of likely N-dealkylation sites (tertiary alicyclic amines) is 1. The maximum absolute atomic E-state index is 12.4. The third kappa shape index (κ3) is 3.01. The summed E-state index contributed by atoms with van der Waals surface area (Å²) in [6.07, 6.45) is 2.51. The number of rotatable bonds is 4. The molecule has 1 saturated heterocycles. The van der Waals surface area contributed by atoms with Crippen molar-refractivity contribution in [3.8, 4) is 0 Å². The molecule has 2 atom stereocenters. The second kappa shape index (κ2) is 7.52. The van der Waals surface area contributed by atoms with E-state index in [4.69, 9.17) is 23.2 Å². The van der Waals surface area contributed by atoms with E-state index in [2.05, 4.69) is 10.2 Å². The molecule has 2 aromatic rings. The Balaban J connectivity index is 2.08. The normalized spacial score (nSPS) is 25.9. The van der Waals surface area contributed by atoms with E-state index in [-0.39, 0.29) is 21.6 Å². The van der Waals surface area contributed by atoms with Gasteiger partial charge in [-0.1, -0.05) is 47.5 Å². The van der Waals surface area contributed by atoms with Crippen molar-refractivity contribution in [3.05, 3.63) is 73.2 Å². The highest BCUT2D eigenvalue weighted by Crippen LogP contribution is 2.57. The van der Waals surface area contributed by atoms with Crippen LogP contribution >= 0.6 is 23.2 Å². The fourth-order valence-electron chi connectivity index (χ4n) is 5.44. The van der Waals surface area contributed by atoms with Crippen LogP contribution < -0.4 is 5.32 Å². The van der Waals surface area contributed by atoms with Gasteiger partial charge in [-0.15, -0.1) is 0 Å². The second-order valence-electron chi connectivity index (χ2n) is 8.24. The van der Waals surface area contributed by atoms with Gasteiger partial charge >= 0.3 is 0 Å². The minimum Gasteiger partial charge on any atom is -0.345 e. The lowest BCUT2D eigenvalue weighted by molar-refractivity contribution is -0.386. The summed E-state index contributed by atoms with van der Waals surface area (Å²) in [5, 5.41) is 15.7. The van der Waals surface area contributed by atoms with Gasteiger partial charge in [0.15, 0.2) is 0 Å². The van der Waals surface area contributed by atoms with Gasteiger partial charge in [0.25, 0.3) is 5.69 Å². The minimum atomic E-state index is -0.887. The maximum Gasteiger partial charge on any atom is 0.276 e. The quantitative estimate of drug-likeness (QED) is 0.539. The first-order chi connectivity index (χ1) is 14.2. The molecule has 1 N–H and O–H groups in total. The molecule has 1 aliphatic heterocycles. The van der Waals surface area contributed by atoms with Gasteiger partial charge in [0.05, 0.1) is 31.6 Å². The van der Waals surface area contributed by atoms with Crippen LogP contribution in [0.15, 0.2) is 36.4 Å². The third-order valence-corrected chi connectivity index (χ3v) is 7.30. The molecule has 2 aliphatic rings. The first-order valence-electron chi connectivity index (χ1n) is 9.97. The van der Waals surface area contributed by atoms with E-state index < -0.39 is 16.0 Å². The molecule has 1 aliphatic carbocycles. The molecule has 1 fully saturated rings. The van der Waals surface area contributed by atoms with E-state index >= 15 is 0 Å². The minimum absolute atomic E-state index is 0.0827. The number of nitro benzene ring substituents is 1. The van der Waals surface area contributed by atoms with E-state index in [0.717, 1.165) is 37.1 Å². The van der Waals surface area contributed by atoms with Crippen molar-refractivity contribution in [3.63, 3.8) is 0 Å². The van der Waals surface area contributed by atoms with Gasteiger partial charge < -0.3 is 5.32 Å². The standard InChI is InChI=1S/C22H23Cl2N3O3/c1-14(28)25-21(2)16-8-4-3-7-15(16)13-22(21,26-9-5-6-10-26)17-11-18(23)19(24)12-20(17)27(29)30/h3-4,7-8,11-12H,5-6,9-10,13H2,1-2H3,(H,25,28). The molecule has 2 aromatic carbocycles. The van der Waals surface area contributed by atoms with Crippen LogP contribution in [0.1, 0.15) is 43.4 Å². The van der Waals surface area contributed by atoms with Crippen LogP contribution in [-0.4, -0.2) is 28.8 Å². The molecule has 0 saturated carbocycles. The Morgan fingerprint density at radius 1 is 1.13 bits per heavy atom. The second-order valence-corrected chi connectivity index (χ2v) is 9.05. The van der Waals surface area contributed by atoms with Crippen molar-refractivity contribution >= 4 is 34.8 Å². The highest BCUT2D eigenvalue weighted by molar-refractivity contribution is 6.42. The van der Waals surface area contributed by atoms with Gasteiger partial charge in [0.2, 0.25) is 5.91 Å². The molecule has 30 heavy (non-hydrogen) atoms. The highest BCUT2D eigenvalue weighted by atomic mass is 35.5. The number of nitrogens with zero attached hydrogens (tertiary/aromatic N) is 2. The van der Waals surface area contributed by atoms with Crippen molar-refractivity contribution in [2.75, 3.05) is 13.1 Å². The van der Waals surface area contributed by atoms with Crippen molar-refractivity contribution in [1.82, 2.24) is 10.2 Å². The zero-order chi connectivity index (χ0) is 21.7. The largest absolute Gasteiger partial charge is 0.345 e. The Bertz CT molecular complexity index is 1040. The van der Waals surface area contributed by atoms with Crippen molar-refractivity contribution in [2.24, 2.45) is 0 Å². The summed E-state index contributed by atoms with van der Waals surface area (Å²) < 4.78 is 0. The van der Waals surface area contributed by atoms with Gasteiger partial charge in [0.1, 0.15) is 0 Å². The number of fused-ring (bicyclic) bond motifs is 1. The number of amides is 1. The fraction of sp³-hybridized carbons (Fsp3) is 0.409. The topological polar surface area (TPSA) is 75.5 Å². The summed E-state index contributed by atoms with van der Waals surface area (Å²) in [6, 6.07) is 10.8. The summed E-state index contributed by atoms with van der Waals surface area (Å²) in [5.41, 5.74) is 0.669. The smallest absolute Gasteiger partial charge is 0.276 e. The van der Waals surface area contributed by atoms with Crippen LogP contribution in [0.4, 0.5) is 5.69 Å². The number of halogens is 2. The molecule has 0 spiro atoms. The number of nitrogens with one attached hydrogen (secondary N) is 1. The summed E-state index contributed by atoms with van der Waals surface area (Å²) in [4.78, 5) is 26.3. The van der Waals surface area contributed by atoms with Gasteiger partial charge in [-0.3, -0.25) is 19.8 Å². The zero-order valence-electron chi connectivity index (χ0n) is 16.9. The van der Waals surface area contributed by atoms with E-state index in [1.54, 1.807) is 6.07 Å². The van der Waals surface area contributed by atoms with Crippen LogP contribution in [0.3, 0.4) is 0 Å². The maximum atomic E-state index is 12.4. The molecule has 8 heteroatoms. The number of carbonyl (C=O) groups excluding carboxylic acids is 1. The molecular weight excluding hydrogens is 425 g/mol. The van der Waals surface area contributed by atoms with E-state index in [0.29, 0.717) is 12.0 Å². The lowest BCUT2D eigenvalue weighted by atomic mass is 9.71. The Kier molecular flexibility index (Phi) is 5.29. The summed E-state index contributed by atoms with van der Waals surface area (Å²) in [7, 11) is 0. The SMILES string of the molecule is CC(=O)NC1(C)c2ccccc2CC1(c1cc(Cl)c(Cl)cc1[N+](=O)[O-])N1CCCC1. The molecule has 4 rings (SSSR count). The molecule has 0 bridgehead atoms. The van der Waals surface area contributed by atoms with Crippen LogP contribution in [-0.2, 0) is 22.3 Å². The number of carbonyl (C=O) groups is 1. The van der Waals surface area contributed by atoms with Crippen LogP contribution in [0, 0.1) is 10.1 Å². The van der Waals surface area contributed by atoms with Crippen molar-refractivity contribution in [2.45, 2.75) is 44.2 Å². The number of hydrogen-bond donors (Lipinski definition) is 1. The Morgan fingerprint density at radius 2 is 1.77 bits per heavy atom.